The van der Waals surface area contributed by atoms with Crippen LogP contribution in [0.3, 0.4) is 0 Å². The minimum atomic E-state index is 0.0363. The Morgan fingerprint density at radius 2 is 1.92 bits per heavy atom. The van der Waals surface area contributed by atoms with Crippen molar-refractivity contribution in [2.75, 3.05) is 0 Å². The lowest BCUT2D eigenvalue weighted by molar-refractivity contribution is 0.0759. The summed E-state index contributed by atoms with van der Waals surface area (Å²) in [5.41, 5.74) is 7.41. The van der Waals surface area contributed by atoms with E-state index in [9.17, 15) is 4.79 Å². The van der Waals surface area contributed by atoms with Crippen LogP contribution in [0.5, 0.6) is 0 Å². The number of carbonyl (C=O) groups is 1. The van der Waals surface area contributed by atoms with Crippen molar-refractivity contribution in [1.82, 2.24) is 10.3 Å². The average Bonchev–Trinajstić information content (AvgIpc) is 3.05. The first-order chi connectivity index (χ1) is 12.2. The Bertz CT molecular complexity index is 716. The molecular formula is C20H25N3OS. The quantitative estimate of drug-likeness (QED) is 0.883. The molecule has 5 heteroatoms. The molecule has 0 radical (unpaired) electrons. The summed E-state index contributed by atoms with van der Waals surface area (Å²) in [6.45, 7) is 0. The lowest BCUT2D eigenvalue weighted by Crippen LogP contribution is -2.53. The molecule has 2 aromatic rings. The third kappa shape index (κ3) is 3.77. The zero-order valence-corrected chi connectivity index (χ0v) is 15.2. The van der Waals surface area contributed by atoms with E-state index in [1.807, 2.05) is 18.2 Å². The maximum atomic E-state index is 12.7. The highest BCUT2D eigenvalue weighted by Gasteiger charge is 2.40. The summed E-state index contributed by atoms with van der Waals surface area (Å²) in [6.07, 6.45) is 8.25. The molecule has 2 saturated carbocycles. The third-order valence-electron chi connectivity index (χ3n) is 5.65. The molecule has 2 aliphatic rings. The number of hydrogen-bond acceptors (Lipinski definition) is 4. The van der Waals surface area contributed by atoms with Crippen LogP contribution in [0, 0.1) is 11.8 Å². The van der Waals surface area contributed by atoms with Gasteiger partial charge in [-0.25, -0.2) is 4.98 Å². The number of rotatable bonds is 4. The van der Waals surface area contributed by atoms with Crippen LogP contribution in [0.1, 0.15) is 52.3 Å². The minimum Gasteiger partial charge on any atom is -0.348 e. The zero-order chi connectivity index (χ0) is 17.2. The highest BCUT2D eigenvalue weighted by molar-refractivity contribution is 7.13. The Labute approximate surface area is 152 Å². The molecule has 2 atom stereocenters. The molecule has 0 spiro atoms. The molecule has 3 N–H and O–H groups in total. The summed E-state index contributed by atoms with van der Waals surface area (Å²) < 4.78 is 0. The van der Waals surface area contributed by atoms with Gasteiger partial charge in [0.1, 0.15) is 4.88 Å². The first-order valence-electron chi connectivity index (χ1n) is 9.24. The number of nitrogens with two attached hydrogens (primary N) is 1. The standard InChI is InChI=1S/C20H25N3OS/c21-16-10-14-7-4-8-15(11-16)19(14)23-20(24)17-12-22-18(25-17)9-13-5-2-1-3-6-13/h1-3,5-6,12,14-16,19H,4,7-11,21H2,(H,23,24). The van der Waals surface area contributed by atoms with Crippen LogP contribution in [-0.4, -0.2) is 23.0 Å². The summed E-state index contributed by atoms with van der Waals surface area (Å²) in [5, 5.41) is 4.30. The number of thiazole rings is 1. The van der Waals surface area contributed by atoms with E-state index in [1.165, 1.54) is 36.2 Å². The Balaban J connectivity index is 1.42. The van der Waals surface area contributed by atoms with Gasteiger partial charge in [0.2, 0.25) is 0 Å². The van der Waals surface area contributed by atoms with Crippen LogP contribution in [-0.2, 0) is 6.42 Å². The largest absolute Gasteiger partial charge is 0.348 e. The zero-order valence-electron chi connectivity index (χ0n) is 14.4. The molecule has 2 unspecified atom stereocenters. The van der Waals surface area contributed by atoms with Gasteiger partial charge in [-0.15, -0.1) is 11.3 Å². The second-order valence-corrected chi connectivity index (χ2v) is 8.58. The lowest BCUT2D eigenvalue weighted by Gasteiger charge is -2.45. The fourth-order valence-corrected chi connectivity index (χ4v) is 5.37. The van der Waals surface area contributed by atoms with Gasteiger partial charge in [-0.2, -0.15) is 0 Å². The van der Waals surface area contributed by atoms with Gasteiger partial charge in [0.15, 0.2) is 0 Å². The smallest absolute Gasteiger partial charge is 0.263 e. The summed E-state index contributed by atoms with van der Waals surface area (Å²) in [5.74, 6) is 1.13. The fourth-order valence-electron chi connectivity index (χ4n) is 4.51. The maximum absolute atomic E-state index is 12.7. The summed E-state index contributed by atoms with van der Waals surface area (Å²) >= 11 is 1.51. The topological polar surface area (TPSA) is 68.0 Å². The van der Waals surface area contributed by atoms with Gasteiger partial charge in [0.25, 0.3) is 5.91 Å². The van der Waals surface area contributed by atoms with Crippen LogP contribution < -0.4 is 11.1 Å². The Kier molecular flexibility index (Phi) is 4.86. The molecule has 25 heavy (non-hydrogen) atoms. The summed E-state index contributed by atoms with van der Waals surface area (Å²) in [6, 6.07) is 10.9. The van der Waals surface area contributed by atoms with E-state index in [0.29, 0.717) is 23.9 Å². The molecule has 4 rings (SSSR count). The second-order valence-electron chi connectivity index (χ2n) is 7.46. The summed E-state index contributed by atoms with van der Waals surface area (Å²) in [7, 11) is 0. The van der Waals surface area contributed by atoms with E-state index in [4.69, 9.17) is 5.73 Å². The third-order valence-corrected chi connectivity index (χ3v) is 6.65. The van der Waals surface area contributed by atoms with Crippen LogP contribution >= 0.6 is 11.3 Å². The van der Waals surface area contributed by atoms with Crippen LogP contribution in [0.2, 0.25) is 0 Å². The Morgan fingerprint density at radius 1 is 1.20 bits per heavy atom. The fraction of sp³-hybridized carbons (Fsp3) is 0.500. The predicted octanol–water partition coefficient (Wildman–Crippen LogP) is 3.37. The molecule has 2 fully saturated rings. The van der Waals surface area contributed by atoms with Crippen molar-refractivity contribution >= 4 is 17.2 Å². The number of carbonyl (C=O) groups excluding carboxylic acids is 1. The van der Waals surface area contributed by atoms with Crippen molar-refractivity contribution in [3.05, 3.63) is 52.0 Å². The molecule has 2 aliphatic carbocycles. The van der Waals surface area contributed by atoms with Gasteiger partial charge in [-0.3, -0.25) is 4.79 Å². The van der Waals surface area contributed by atoms with E-state index < -0.39 is 0 Å². The van der Waals surface area contributed by atoms with Crippen LogP contribution in [0.25, 0.3) is 0 Å². The molecular weight excluding hydrogens is 330 g/mol. The molecule has 0 saturated heterocycles. The van der Waals surface area contributed by atoms with E-state index in [0.717, 1.165) is 29.1 Å². The SMILES string of the molecule is NC1CC2CCCC(C1)C2NC(=O)c1cnc(Cc2ccccc2)s1. The van der Waals surface area contributed by atoms with E-state index >= 15 is 0 Å². The monoisotopic (exact) mass is 355 g/mol. The highest BCUT2D eigenvalue weighted by Crippen LogP contribution is 2.39. The first-order valence-corrected chi connectivity index (χ1v) is 10.1. The lowest BCUT2D eigenvalue weighted by atomic mass is 9.67. The highest BCUT2D eigenvalue weighted by atomic mass is 32.1. The molecule has 0 aliphatic heterocycles. The molecule has 132 valence electrons. The van der Waals surface area contributed by atoms with Crippen molar-refractivity contribution in [2.24, 2.45) is 17.6 Å². The van der Waals surface area contributed by atoms with Crippen molar-refractivity contribution in [1.29, 1.82) is 0 Å². The first kappa shape index (κ1) is 16.7. The minimum absolute atomic E-state index is 0.0363. The molecule has 4 nitrogen and oxygen atoms in total. The number of nitrogens with one attached hydrogen (secondary N) is 1. The van der Waals surface area contributed by atoms with Crippen LogP contribution in [0.4, 0.5) is 0 Å². The number of aromatic nitrogens is 1. The van der Waals surface area contributed by atoms with Crippen molar-refractivity contribution < 1.29 is 4.79 Å². The van der Waals surface area contributed by atoms with E-state index in [2.05, 4.69) is 22.4 Å². The van der Waals surface area contributed by atoms with Gasteiger partial charge >= 0.3 is 0 Å². The molecule has 2 bridgehead atoms. The van der Waals surface area contributed by atoms with Crippen molar-refractivity contribution in [3.8, 4) is 0 Å². The maximum Gasteiger partial charge on any atom is 0.263 e. The predicted molar refractivity (Wildman–Crippen MR) is 101 cm³/mol. The van der Waals surface area contributed by atoms with Gasteiger partial charge in [-0.1, -0.05) is 36.8 Å². The molecule has 1 heterocycles. The summed E-state index contributed by atoms with van der Waals surface area (Å²) in [4.78, 5) is 17.9. The molecule has 1 amide bonds. The van der Waals surface area contributed by atoms with Crippen molar-refractivity contribution in [2.45, 2.75) is 50.6 Å². The number of benzene rings is 1. The van der Waals surface area contributed by atoms with E-state index in [1.54, 1.807) is 6.20 Å². The van der Waals surface area contributed by atoms with E-state index in [-0.39, 0.29) is 5.91 Å². The van der Waals surface area contributed by atoms with Gasteiger partial charge < -0.3 is 11.1 Å². The average molecular weight is 356 g/mol. The second kappa shape index (κ2) is 7.26. The van der Waals surface area contributed by atoms with Gasteiger partial charge in [0, 0.05) is 18.5 Å². The van der Waals surface area contributed by atoms with Crippen molar-refractivity contribution in [3.63, 3.8) is 0 Å². The molecule has 1 aromatic heterocycles. The Hall–Kier alpha value is -1.72. The number of fused-ring (bicyclic) bond motifs is 2. The molecule has 1 aromatic carbocycles. The number of amides is 1. The number of hydrogen-bond donors (Lipinski definition) is 2. The van der Waals surface area contributed by atoms with Gasteiger partial charge in [-0.05, 0) is 43.1 Å². The number of nitrogens with zero attached hydrogens (tertiary/aromatic N) is 1. The normalized spacial score (nSPS) is 28.5. The van der Waals surface area contributed by atoms with Gasteiger partial charge in [0.05, 0.1) is 11.2 Å². The van der Waals surface area contributed by atoms with Crippen LogP contribution in [0.15, 0.2) is 36.5 Å². The Morgan fingerprint density at radius 3 is 2.64 bits per heavy atom.